The van der Waals surface area contributed by atoms with Crippen molar-refractivity contribution in [2.45, 2.75) is 13.1 Å². The van der Waals surface area contributed by atoms with Crippen molar-refractivity contribution in [2.24, 2.45) is 0 Å². The maximum atomic E-state index is 12.4. The second kappa shape index (κ2) is 4.67. The van der Waals surface area contributed by atoms with Crippen LogP contribution in [0.3, 0.4) is 0 Å². The van der Waals surface area contributed by atoms with Crippen LogP contribution < -0.4 is 5.32 Å². The Labute approximate surface area is 101 Å². The van der Waals surface area contributed by atoms with E-state index in [4.69, 9.17) is 0 Å². The molecular weight excluding hydrogens is 245 g/mol. The Bertz CT molecular complexity index is 533. The summed E-state index contributed by atoms with van der Waals surface area (Å²) in [6.07, 6.45) is -0.122. The van der Waals surface area contributed by atoms with E-state index in [9.17, 15) is 13.2 Å². The molecule has 0 aliphatic rings. The van der Waals surface area contributed by atoms with Crippen LogP contribution in [0, 0.1) is 0 Å². The normalized spacial score (nSPS) is 11.6. The van der Waals surface area contributed by atoms with Gasteiger partial charge in [-0.2, -0.15) is 18.3 Å². The predicted molar refractivity (Wildman–Crippen MR) is 60.5 cm³/mol. The minimum atomic E-state index is -4.43. The molecule has 0 amide bonds. The van der Waals surface area contributed by atoms with Crippen molar-refractivity contribution in [3.63, 3.8) is 0 Å². The highest BCUT2D eigenvalue weighted by molar-refractivity contribution is 5.47. The van der Waals surface area contributed by atoms with Crippen molar-refractivity contribution in [1.82, 2.24) is 14.8 Å². The molecule has 0 atom stereocenters. The lowest BCUT2D eigenvalue weighted by atomic mass is 10.3. The molecule has 0 aliphatic carbocycles. The summed E-state index contributed by atoms with van der Waals surface area (Å²) in [4.78, 5) is 3.95. The predicted octanol–water partition coefficient (Wildman–Crippen LogP) is 2.72. The van der Waals surface area contributed by atoms with E-state index in [1.807, 2.05) is 6.92 Å². The molecule has 2 aromatic rings. The first-order chi connectivity index (χ1) is 8.50. The third-order valence-corrected chi connectivity index (χ3v) is 2.25. The van der Waals surface area contributed by atoms with Crippen LogP contribution in [0.5, 0.6) is 0 Å². The molecule has 2 rings (SSSR count). The zero-order valence-corrected chi connectivity index (χ0v) is 9.57. The third-order valence-electron chi connectivity index (χ3n) is 2.25. The number of halogens is 3. The summed E-state index contributed by atoms with van der Waals surface area (Å²) < 4.78 is 38.4. The molecule has 0 aliphatic heterocycles. The summed E-state index contributed by atoms with van der Waals surface area (Å²) in [5.74, 6) is 0. The molecule has 0 saturated heterocycles. The second-order valence-corrected chi connectivity index (χ2v) is 3.61. The minimum absolute atomic E-state index is 0.476. The molecule has 18 heavy (non-hydrogen) atoms. The SMILES string of the molecule is CCNc1cncc(-n2ccc(C(F)(F)F)n2)c1. The molecule has 0 saturated carbocycles. The van der Waals surface area contributed by atoms with Crippen molar-refractivity contribution in [3.8, 4) is 5.69 Å². The highest BCUT2D eigenvalue weighted by Crippen LogP contribution is 2.27. The molecule has 1 N–H and O–H groups in total. The van der Waals surface area contributed by atoms with Crippen LogP contribution in [0.1, 0.15) is 12.6 Å². The molecule has 4 nitrogen and oxygen atoms in total. The maximum Gasteiger partial charge on any atom is 0.435 e. The van der Waals surface area contributed by atoms with E-state index in [2.05, 4.69) is 15.4 Å². The highest BCUT2D eigenvalue weighted by Gasteiger charge is 2.33. The Morgan fingerprint density at radius 3 is 2.72 bits per heavy atom. The van der Waals surface area contributed by atoms with E-state index in [0.717, 1.165) is 16.4 Å². The summed E-state index contributed by atoms with van der Waals surface area (Å²) in [6, 6.07) is 2.61. The largest absolute Gasteiger partial charge is 0.435 e. The fraction of sp³-hybridized carbons (Fsp3) is 0.273. The highest BCUT2D eigenvalue weighted by atomic mass is 19.4. The van der Waals surface area contributed by atoms with E-state index in [1.165, 1.54) is 12.4 Å². The van der Waals surface area contributed by atoms with E-state index in [-0.39, 0.29) is 0 Å². The van der Waals surface area contributed by atoms with Crippen LogP contribution in [0.15, 0.2) is 30.7 Å². The van der Waals surface area contributed by atoms with Gasteiger partial charge in [0, 0.05) is 12.7 Å². The quantitative estimate of drug-likeness (QED) is 0.918. The van der Waals surface area contributed by atoms with Crippen LogP contribution in [0.2, 0.25) is 0 Å². The lowest BCUT2D eigenvalue weighted by Gasteiger charge is -2.06. The molecule has 0 unspecified atom stereocenters. The molecule has 0 radical (unpaired) electrons. The Kier molecular flexibility index (Phi) is 3.22. The topological polar surface area (TPSA) is 42.7 Å². The van der Waals surface area contributed by atoms with E-state index >= 15 is 0 Å². The Morgan fingerprint density at radius 2 is 2.11 bits per heavy atom. The van der Waals surface area contributed by atoms with Gasteiger partial charge >= 0.3 is 6.18 Å². The van der Waals surface area contributed by atoms with E-state index < -0.39 is 11.9 Å². The number of nitrogens with zero attached hydrogens (tertiary/aromatic N) is 3. The molecule has 0 bridgehead atoms. The number of nitrogens with one attached hydrogen (secondary N) is 1. The molecule has 2 heterocycles. The maximum absolute atomic E-state index is 12.4. The van der Waals surface area contributed by atoms with Crippen molar-refractivity contribution in [1.29, 1.82) is 0 Å². The fourth-order valence-corrected chi connectivity index (χ4v) is 1.47. The standard InChI is InChI=1S/C11H11F3N4/c1-2-16-8-5-9(7-15-6-8)18-4-3-10(17-18)11(12,13)14/h3-7,16H,2H2,1H3. The van der Waals surface area contributed by atoms with Gasteiger partial charge in [-0.1, -0.05) is 0 Å². The Hall–Kier alpha value is -2.05. The van der Waals surface area contributed by atoms with Crippen molar-refractivity contribution >= 4 is 5.69 Å². The molecule has 2 aromatic heterocycles. The second-order valence-electron chi connectivity index (χ2n) is 3.61. The molecule has 96 valence electrons. The van der Waals surface area contributed by atoms with Crippen molar-refractivity contribution < 1.29 is 13.2 Å². The van der Waals surface area contributed by atoms with Crippen molar-refractivity contribution in [3.05, 3.63) is 36.4 Å². The number of pyridine rings is 1. The lowest BCUT2D eigenvalue weighted by Crippen LogP contribution is -2.07. The summed E-state index contributed by atoms with van der Waals surface area (Å²) in [5.41, 5.74) is 0.291. The van der Waals surface area contributed by atoms with Crippen LogP contribution in [0.25, 0.3) is 5.69 Å². The van der Waals surface area contributed by atoms with Gasteiger partial charge in [0.1, 0.15) is 0 Å². The number of rotatable bonds is 3. The lowest BCUT2D eigenvalue weighted by molar-refractivity contribution is -0.141. The molecular formula is C11H11F3N4. The van der Waals surface area contributed by atoms with E-state index in [0.29, 0.717) is 12.2 Å². The van der Waals surface area contributed by atoms with Crippen LogP contribution in [-0.2, 0) is 6.18 Å². The number of alkyl halides is 3. The van der Waals surface area contributed by atoms with Gasteiger partial charge in [-0.05, 0) is 19.1 Å². The fourth-order valence-electron chi connectivity index (χ4n) is 1.47. The van der Waals surface area contributed by atoms with Gasteiger partial charge in [-0.25, -0.2) is 4.68 Å². The van der Waals surface area contributed by atoms with Gasteiger partial charge < -0.3 is 5.32 Å². The number of aromatic nitrogens is 3. The van der Waals surface area contributed by atoms with Gasteiger partial charge in [0.15, 0.2) is 5.69 Å². The van der Waals surface area contributed by atoms with Gasteiger partial charge in [-0.15, -0.1) is 0 Å². The Balaban J connectivity index is 2.31. The average molecular weight is 256 g/mol. The van der Waals surface area contributed by atoms with Gasteiger partial charge in [0.2, 0.25) is 0 Å². The molecule has 7 heteroatoms. The minimum Gasteiger partial charge on any atom is -0.384 e. The molecule has 0 fully saturated rings. The third kappa shape index (κ3) is 2.61. The first kappa shape index (κ1) is 12.4. The number of anilines is 1. The Morgan fingerprint density at radius 1 is 1.33 bits per heavy atom. The first-order valence-corrected chi connectivity index (χ1v) is 5.33. The van der Waals surface area contributed by atoms with E-state index in [1.54, 1.807) is 12.3 Å². The molecule has 0 spiro atoms. The summed E-state index contributed by atoms with van der Waals surface area (Å²) in [6.45, 7) is 2.63. The zero-order chi connectivity index (χ0) is 13.2. The average Bonchev–Trinajstić information content (AvgIpc) is 2.78. The van der Waals surface area contributed by atoms with Crippen molar-refractivity contribution in [2.75, 3.05) is 11.9 Å². The summed E-state index contributed by atoms with van der Waals surface area (Å²) >= 11 is 0. The zero-order valence-electron chi connectivity index (χ0n) is 9.57. The van der Waals surface area contributed by atoms with Gasteiger partial charge in [0.25, 0.3) is 0 Å². The van der Waals surface area contributed by atoms with Crippen LogP contribution in [-0.4, -0.2) is 21.3 Å². The van der Waals surface area contributed by atoms with Gasteiger partial charge in [0.05, 0.1) is 23.8 Å². The first-order valence-electron chi connectivity index (χ1n) is 5.33. The number of hydrogen-bond acceptors (Lipinski definition) is 3. The van der Waals surface area contributed by atoms with Gasteiger partial charge in [-0.3, -0.25) is 4.98 Å². The smallest absolute Gasteiger partial charge is 0.384 e. The summed E-state index contributed by atoms with van der Waals surface area (Å²) in [7, 11) is 0. The van der Waals surface area contributed by atoms with Crippen LogP contribution >= 0.6 is 0 Å². The molecule has 0 aromatic carbocycles. The van der Waals surface area contributed by atoms with Crippen LogP contribution in [0.4, 0.5) is 18.9 Å². The number of hydrogen-bond donors (Lipinski definition) is 1. The summed E-state index contributed by atoms with van der Waals surface area (Å²) in [5, 5.41) is 6.51. The monoisotopic (exact) mass is 256 g/mol.